The molecule has 0 aliphatic carbocycles. The van der Waals surface area contributed by atoms with Crippen molar-refractivity contribution in [1.29, 1.82) is 0 Å². The minimum atomic E-state index is -0.378. The van der Waals surface area contributed by atoms with Crippen LogP contribution in [-0.2, 0) is 4.84 Å². The van der Waals surface area contributed by atoms with Gasteiger partial charge in [0.15, 0.2) is 0 Å². The fraction of sp³-hybridized carbons (Fsp3) is 0.333. The first-order chi connectivity index (χ1) is 13.6. The lowest BCUT2D eigenvalue weighted by atomic mass is 9.85. The summed E-state index contributed by atoms with van der Waals surface area (Å²) >= 11 is 0. The fourth-order valence-electron chi connectivity index (χ4n) is 3.63. The summed E-state index contributed by atoms with van der Waals surface area (Å²) in [5, 5.41) is 7.05. The largest absolute Gasteiger partial charge is 0.497 e. The van der Waals surface area contributed by atoms with Crippen molar-refractivity contribution in [3.05, 3.63) is 59.9 Å². The van der Waals surface area contributed by atoms with Crippen molar-refractivity contribution in [3.63, 3.8) is 0 Å². The molecule has 6 nitrogen and oxygen atoms in total. The van der Waals surface area contributed by atoms with Gasteiger partial charge in [0.2, 0.25) is 0 Å². The predicted octanol–water partition coefficient (Wildman–Crippen LogP) is 4.03. The molecule has 0 saturated carbocycles. The zero-order valence-electron chi connectivity index (χ0n) is 15.7. The van der Waals surface area contributed by atoms with Crippen LogP contribution in [-0.4, -0.2) is 42.4 Å². The number of piperidine rings is 1. The highest BCUT2D eigenvalue weighted by atomic mass is 19.1. The molecule has 0 bridgehead atoms. The Balaban J connectivity index is 1.35. The summed E-state index contributed by atoms with van der Waals surface area (Å²) in [6.45, 7) is 1.12. The molecule has 1 fully saturated rings. The molecule has 0 unspecified atom stereocenters. The number of anilines is 1. The number of benzene rings is 2. The number of nitrogens with zero attached hydrogens (tertiary/aromatic N) is 2. The zero-order chi connectivity index (χ0) is 19.6. The van der Waals surface area contributed by atoms with Gasteiger partial charge >= 0.3 is 6.03 Å². The molecule has 2 heterocycles. The topological polar surface area (TPSA) is 63.2 Å². The summed E-state index contributed by atoms with van der Waals surface area (Å²) in [5.41, 5.74) is 1.97. The van der Waals surface area contributed by atoms with Gasteiger partial charge < -0.3 is 19.8 Å². The van der Waals surface area contributed by atoms with Gasteiger partial charge in [0.05, 0.1) is 12.8 Å². The molecular formula is C21H22FN3O3. The number of amides is 2. The lowest BCUT2D eigenvalue weighted by molar-refractivity contribution is -0.0544. The second kappa shape index (κ2) is 7.50. The third kappa shape index (κ3) is 3.78. The molecular weight excluding hydrogens is 361 g/mol. The minimum Gasteiger partial charge on any atom is -0.497 e. The van der Waals surface area contributed by atoms with Gasteiger partial charge in [0.1, 0.15) is 17.2 Å². The molecule has 1 saturated heterocycles. The molecule has 28 heavy (non-hydrogen) atoms. The van der Waals surface area contributed by atoms with Crippen LogP contribution < -0.4 is 10.1 Å². The maximum Gasteiger partial charge on any atom is 0.321 e. The third-order valence-electron chi connectivity index (χ3n) is 5.28. The van der Waals surface area contributed by atoms with Gasteiger partial charge in [0, 0.05) is 43.6 Å². The molecule has 4 rings (SSSR count). The average molecular weight is 383 g/mol. The van der Waals surface area contributed by atoms with E-state index in [9.17, 15) is 9.18 Å². The predicted molar refractivity (Wildman–Crippen MR) is 104 cm³/mol. The number of ether oxygens (including phenoxy) is 1. The highest BCUT2D eigenvalue weighted by Crippen LogP contribution is 2.36. The van der Waals surface area contributed by atoms with E-state index in [4.69, 9.17) is 9.57 Å². The first-order valence-electron chi connectivity index (χ1n) is 9.28. The van der Waals surface area contributed by atoms with Crippen LogP contribution in [0, 0.1) is 5.82 Å². The van der Waals surface area contributed by atoms with Crippen molar-refractivity contribution in [1.82, 2.24) is 4.90 Å². The molecule has 146 valence electrons. The van der Waals surface area contributed by atoms with E-state index in [-0.39, 0.29) is 17.4 Å². The Kier molecular flexibility index (Phi) is 4.90. The van der Waals surface area contributed by atoms with Crippen LogP contribution in [0.2, 0.25) is 0 Å². The number of likely N-dealkylation sites (tertiary alicyclic amines) is 1. The minimum absolute atomic E-state index is 0.229. The summed E-state index contributed by atoms with van der Waals surface area (Å²) in [5.74, 6) is 0.405. The van der Waals surface area contributed by atoms with Gasteiger partial charge in [-0.1, -0.05) is 23.4 Å². The van der Waals surface area contributed by atoms with Gasteiger partial charge in [-0.05, 0) is 30.3 Å². The van der Waals surface area contributed by atoms with Crippen LogP contribution in [0.5, 0.6) is 5.75 Å². The van der Waals surface area contributed by atoms with Crippen LogP contribution in [0.25, 0.3) is 0 Å². The number of rotatable bonds is 3. The quantitative estimate of drug-likeness (QED) is 0.871. The number of methoxy groups -OCH3 is 1. The third-order valence-corrected chi connectivity index (χ3v) is 5.28. The van der Waals surface area contributed by atoms with E-state index < -0.39 is 0 Å². The Morgan fingerprint density at radius 3 is 2.75 bits per heavy atom. The van der Waals surface area contributed by atoms with Crippen LogP contribution in [0.1, 0.15) is 24.8 Å². The second-order valence-electron chi connectivity index (χ2n) is 7.15. The van der Waals surface area contributed by atoms with Crippen molar-refractivity contribution in [2.24, 2.45) is 5.16 Å². The van der Waals surface area contributed by atoms with Crippen LogP contribution in [0.4, 0.5) is 14.9 Å². The molecule has 2 aromatic rings. The highest BCUT2D eigenvalue weighted by molar-refractivity contribution is 6.02. The Morgan fingerprint density at radius 1 is 1.21 bits per heavy atom. The molecule has 2 aromatic carbocycles. The van der Waals surface area contributed by atoms with E-state index in [1.54, 1.807) is 24.1 Å². The van der Waals surface area contributed by atoms with Crippen LogP contribution >= 0.6 is 0 Å². The van der Waals surface area contributed by atoms with Crippen molar-refractivity contribution < 1.29 is 18.8 Å². The van der Waals surface area contributed by atoms with Gasteiger partial charge in [-0.15, -0.1) is 0 Å². The molecule has 2 aliphatic rings. The number of carbonyl (C=O) groups excluding carboxylic acids is 1. The van der Waals surface area contributed by atoms with Crippen molar-refractivity contribution in [2.75, 3.05) is 25.5 Å². The Bertz CT molecular complexity index is 907. The fourth-order valence-corrected chi connectivity index (χ4v) is 3.63. The van der Waals surface area contributed by atoms with E-state index in [2.05, 4.69) is 10.5 Å². The maximum absolute atomic E-state index is 13.3. The molecule has 7 heteroatoms. The summed E-state index contributed by atoms with van der Waals surface area (Å²) in [6.07, 6.45) is 2.10. The Morgan fingerprint density at radius 2 is 2.00 bits per heavy atom. The molecule has 0 aromatic heterocycles. The van der Waals surface area contributed by atoms with Gasteiger partial charge in [-0.2, -0.15) is 0 Å². The summed E-state index contributed by atoms with van der Waals surface area (Å²) < 4.78 is 18.6. The van der Waals surface area contributed by atoms with E-state index >= 15 is 0 Å². The van der Waals surface area contributed by atoms with Crippen LogP contribution in [0.3, 0.4) is 0 Å². The number of carbonyl (C=O) groups is 1. The number of urea groups is 1. The lowest BCUT2D eigenvalue weighted by Crippen LogP contribution is -2.48. The number of hydrogen-bond acceptors (Lipinski definition) is 4. The Hall–Kier alpha value is -3.09. The second-order valence-corrected chi connectivity index (χ2v) is 7.15. The summed E-state index contributed by atoms with van der Waals surface area (Å²) in [4.78, 5) is 20.0. The number of halogens is 1. The first-order valence-corrected chi connectivity index (χ1v) is 9.28. The normalized spacial score (nSPS) is 17.8. The lowest BCUT2D eigenvalue weighted by Gasteiger charge is -2.37. The zero-order valence-corrected chi connectivity index (χ0v) is 15.7. The van der Waals surface area contributed by atoms with E-state index in [0.29, 0.717) is 38.0 Å². The maximum atomic E-state index is 13.3. The average Bonchev–Trinajstić information content (AvgIpc) is 3.12. The van der Waals surface area contributed by atoms with Crippen molar-refractivity contribution in [3.8, 4) is 5.75 Å². The van der Waals surface area contributed by atoms with Gasteiger partial charge in [-0.25, -0.2) is 9.18 Å². The SMILES string of the molecule is COc1cccc(C2=NOC3(CCN(C(=O)Nc4cccc(F)c4)CC3)C2)c1. The molecule has 0 atom stereocenters. The van der Waals surface area contributed by atoms with E-state index in [1.165, 1.54) is 12.1 Å². The molecule has 2 amide bonds. The van der Waals surface area contributed by atoms with Gasteiger partial charge in [0.25, 0.3) is 0 Å². The molecule has 0 radical (unpaired) electrons. The van der Waals surface area contributed by atoms with E-state index in [0.717, 1.165) is 17.0 Å². The van der Waals surface area contributed by atoms with Crippen LogP contribution in [0.15, 0.2) is 53.7 Å². The number of nitrogens with one attached hydrogen (secondary N) is 1. The first kappa shape index (κ1) is 18.3. The molecule has 1 N–H and O–H groups in total. The monoisotopic (exact) mass is 383 g/mol. The standard InChI is InChI=1S/C21H22FN3O3/c1-27-18-7-2-4-15(12-18)19-14-21(28-24-19)8-10-25(11-9-21)20(26)23-17-6-3-5-16(22)13-17/h2-7,12-13H,8-11,14H2,1H3,(H,23,26). The smallest absolute Gasteiger partial charge is 0.321 e. The highest BCUT2D eigenvalue weighted by Gasteiger charge is 2.43. The Labute approximate surface area is 162 Å². The van der Waals surface area contributed by atoms with Crippen molar-refractivity contribution in [2.45, 2.75) is 24.9 Å². The number of oxime groups is 1. The summed E-state index contributed by atoms with van der Waals surface area (Å²) in [7, 11) is 1.64. The molecule has 2 aliphatic heterocycles. The van der Waals surface area contributed by atoms with Gasteiger partial charge in [-0.3, -0.25) is 0 Å². The molecule has 1 spiro atoms. The van der Waals surface area contributed by atoms with Crippen molar-refractivity contribution >= 4 is 17.4 Å². The summed E-state index contributed by atoms with van der Waals surface area (Å²) in [6, 6.07) is 13.4. The van der Waals surface area contributed by atoms with E-state index in [1.807, 2.05) is 24.3 Å². The number of hydrogen-bond donors (Lipinski definition) is 1.